The Morgan fingerprint density at radius 1 is 0.327 bits per heavy atom. The van der Waals surface area contributed by atoms with Crippen molar-refractivity contribution >= 4 is 23.8 Å². The van der Waals surface area contributed by atoms with Gasteiger partial charge in [0, 0.05) is 16.4 Å². The van der Waals surface area contributed by atoms with Gasteiger partial charge in [-0.15, -0.1) is 0 Å². The van der Waals surface area contributed by atoms with Crippen LogP contribution in [0.15, 0.2) is 42.5 Å². The maximum atomic E-state index is 6.15. The molecule has 4 aromatic carbocycles. The van der Waals surface area contributed by atoms with E-state index in [-0.39, 0.29) is 0 Å². The Bertz CT molecular complexity index is 1660. The zero-order valence-electron chi connectivity index (χ0n) is 29.9. The molecule has 12 nitrogen and oxygen atoms in total. The summed E-state index contributed by atoms with van der Waals surface area (Å²) in [7, 11) is 17.2. The highest BCUT2D eigenvalue weighted by Crippen LogP contribution is 2.55. The minimum Gasteiger partial charge on any atom is -0.493 e. The first-order chi connectivity index (χ1) is 23.8. The van der Waals surface area contributed by atoms with Crippen LogP contribution < -0.4 is 72.8 Å². The van der Waals surface area contributed by atoms with Gasteiger partial charge >= 0.3 is 0 Å². The molecule has 0 N–H and O–H groups in total. The van der Waals surface area contributed by atoms with E-state index in [1.165, 1.54) is 0 Å². The zero-order chi connectivity index (χ0) is 35.8. The third kappa shape index (κ3) is 6.65. The van der Waals surface area contributed by atoms with E-state index < -0.39 is 7.92 Å². The van der Waals surface area contributed by atoms with Crippen LogP contribution >= 0.6 is 7.92 Å². The molecule has 0 amide bonds. The molecule has 0 saturated carbocycles. The predicted octanol–water partition coefficient (Wildman–Crippen LogP) is 5.22. The summed E-state index contributed by atoms with van der Waals surface area (Å²) >= 11 is 0. The van der Waals surface area contributed by atoms with Gasteiger partial charge in [0.2, 0.25) is 23.0 Å². The summed E-state index contributed by atoms with van der Waals surface area (Å²) in [5.41, 5.74) is 1.28. The summed E-state index contributed by atoms with van der Waals surface area (Å²) in [5, 5.41) is 2.40. The van der Waals surface area contributed by atoms with Gasteiger partial charge in [-0.2, -0.15) is 0 Å². The minimum atomic E-state index is -1.59. The molecule has 0 atom stereocenters. The van der Waals surface area contributed by atoms with E-state index >= 15 is 0 Å². The fourth-order valence-electron chi connectivity index (χ4n) is 5.70. The molecule has 0 aliphatic carbocycles. The third-order valence-electron chi connectivity index (χ3n) is 7.84. The Kier molecular flexibility index (Phi) is 12.3. The van der Waals surface area contributed by atoms with E-state index in [1.54, 1.807) is 91.4 Å². The molecule has 49 heavy (non-hydrogen) atoms. The van der Waals surface area contributed by atoms with E-state index in [0.29, 0.717) is 80.1 Å². The second-order valence-electron chi connectivity index (χ2n) is 10.0. The Balaban J connectivity index is 2.32. The van der Waals surface area contributed by atoms with Crippen molar-refractivity contribution in [2.75, 3.05) is 85.3 Å². The van der Waals surface area contributed by atoms with Gasteiger partial charge in [-0.05, 0) is 61.0 Å². The molecule has 0 aromatic heterocycles. The molecule has 264 valence electrons. The molecule has 4 rings (SSSR count). The standard InChI is InChI=1S/C36H43O12P/c1-37-23-14-13-22(31(43-7)34(23)46-10)30-29(19-28(42-6)35(47-11)36(30)48-12)49(20-15-24(38-2)32(44-8)25(16-20)39-3)21-17-26(40-4)33(45-9)27(18-21)41-5/h13-19H,1-12H3. The molecule has 0 saturated heterocycles. The monoisotopic (exact) mass is 698 g/mol. The van der Waals surface area contributed by atoms with Crippen LogP contribution in [0.3, 0.4) is 0 Å². The molecule has 4 aromatic rings. The molecular weight excluding hydrogens is 655 g/mol. The van der Waals surface area contributed by atoms with E-state index in [1.807, 2.05) is 36.4 Å². The molecule has 0 spiro atoms. The lowest BCUT2D eigenvalue weighted by Crippen LogP contribution is -2.24. The van der Waals surface area contributed by atoms with Crippen LogP contribution in [0.1, 0.15) is 0 Å². The maximum Gasteiger partial charge on any atom is 0.203 e. The fourth-order valence-corrected chi connectivity index (χ4v) is 8.23. The van der Waals surface area contributed by atoms with Gasteiger partial charge < -0.3 is 56.8 Å². The van der Waals surface area contributed by atoms with Gasteiger partial charge in [-0.25, -0.2) is 0 Å². The average Bonchev–Trinajstić information content (AvgIpc) is 3.15. The van der Waals surface area contributed by atoms with Crippen molar-refractivity contribution in [3.63, 3.8) is 0 Å². The Morgan fingerprint density at radius 2 is 0.673 bits per heavy atom. The van der Waals surface area contributed by atoms with Gasteiger partial charge in [0.05, 0.1) is 85.3 Å². The predicted molar refractivity (Wildman–Crippen MR) is 189 cm³/mol. The normalized spacial score (nSPS) is 10.6. The number of benzene rings is 4. The summed E-state index contributed by atoms with van der Waals surface area (Å²) in [6.45, 7) is 0. The Labute approximate surface area is 288 Å². The summed E-state index contributed by atoms with van der Waals surface area (Å²) < 4.78 is 70.0. The SMILES string of the molecule is COc1cc(P(c2cc(OC)c(OC)c(OC)c2)c2cc(OC)c(OC)c(OC)c2-c2ccc(OC)c(OC)c2OC)cc(OC)c1OC. The Morgan fingerprint density at radius 3 is 1.02 bits per heavy atom. The largest absolute Gasteiger partial charge is 0.493 e. The van der Waals surface area contributed by atoms with Crippen molar-refractivity contribution in [3.8, 4) is 80.1 Å². The molecular formula is C36H43O12P. The van der Waals surface area contributed by atoms with E-state index in [0.717, 1.165) is 15.9 Å². The first kappa shape index (κ1) is 36.7. The van der Waals surface area contributed by atoms with Crippen LogP contribution in [-0.2, 0) is 0 Å². The van der Waals surface area contributed by atoms with Crippen molar-refractivity contribution in [1.29, 1.82) is 0 Å². The average molecular weight is 699 g/mol. The summed E-state index contributed by atoms with van der Waals surface area (Å²) in [4.78, 5) is 0. The van der Waals surface area contributed by atoms with Gasteiger partial charge in [0.25, 0.3) is 0 Å². The van der Waals surface area contributed by atoms with Crippen molar-refractivity contribution in [3.05, 3.63) is 42.5 Å². The number of ether oxygens (including phenoxy) is 12. The van der Waals surface area contributed by atoms with Crippen LogP contribution in [0.2, 0.25) is 0 Å². The lowest BCUT2D eigenvalue weighted by Gasteiger charge is -2.28. The van der Waals surface area contributed by atoms with Gasteiger partial charge in [0.1, 0.15) is 0 Å². The van der Waals surface area contributed by atoms with Crippen molar-refractivity contribution in [2.24, 2.45) is 0 Å². The lowest BCUT2D eigenvalue weighted by atomic mass is 10.0. The number of rotatable bonds is 16. The van der Waals surface area contributed by atoms with E-state index in [2.05, 4.69) is 0 Å². The maximum absolute atomic E-state index is 6.15. The molecule has 0 fully saturated rings. The number of hydrogen-bond donors (Lipinski definition) is 0. The van der Waals surface area contributed by atoms with Crippen LogP contribution in [0.25, 0.3) is 11.1 Å². The molecule has 0 aliphatic heterocycles. The smallest absolute Gasteiger partial charge is 0.203 e. The van der Waals surface area contributed by atoms with Gasteiger partial charge in [-0.1, -0.05) is 0 Å². The van der Waals surface area contributed by atoms with Crippen molar-refractivity contribution in [2.45, 2.75) is 0 Å². The van der Waals surface area contributed by atoms with E-state index in [9.17, 15) is 0 Å². The molecule has 0 radical (unpaired) electrons. The highest BCUT2D eigenvalue weighted by atomic mass is 31.1. The van der Waals surface area contributed by atoms with Crippen LogP contribution in [0, 0.1) is 0 Å². The van der Waals surface area contributed by atoms with Crippen molar-refractivity contribution < 1.29 is 56.8 Å². The number of hydrogen-bond acceptors (Lipinski definition) is 12. The molecule has 13 heteroatoms. The molecule has 0 unspecified atom stereocenters. The Hall–Kier alpha value is -5.09. The first-order valence-electron chi connectivity index (χ1n) is 14.8. The minimum absolute atomic E-state index is 0.380. The van der Waals surface area contributed by atoms with Crippen molar-refractivity contribution in [1.82, 2.24) is 0 Å². The molecule has 0 heterocycles. The summed E-state index contributed by atoms with van der Waals surface area (Å²) in [5.74, 6) is 5.27. The van der Waals surface area contributed by atoms with Crippen LogP contribution in [0.4, 0.5) is 0 Å². The highest BCUT2D eigenvalue weighted by Gasteiger charge is 2.33. The summed E-state index contributed by atoms with van der Waals surface area (Å²) in [6.07, 6.45) is 0. The topological polar surface area (TPSA) is 111 Å². The third-order valence-corrected chi connectivity index (χ3v) is 10.2. The molecule has 0 aliphatic rings. The van der Waals surface area contributed by atoms with Crippen LogP contribution in [-0.4, -0.2) is 85.3 Å². The van der Waals surface area contributed by atoms with Crippen LogP contribution in [0.5, 0.6) is 69.0 Å². The highest BCUT2D eigenvalue weighted by molar-refractivity contribution is 7.80. The van der Waals surface area contributed by atoms with Gasteiger partial charge in [-0.3, -0.25) is 0 Å². The second-order valence-corrected chi connectivity index (χ2v) is 12.2. The quantitative estimate of drug-likeness (QED) is 0.143. The zero-order valence-corrected chi connectivity index (χ0v) is 30.8. The van der Waals surface area contributed by atoms with E-state index in [4.69, 9.17) is 56.8 Å². The lowest BCUT2D eigenvalue weighted by molar-refractivity contribution is 0.322. The first-order valence-corrected chi connectivity index (χ1v) is 16.2. The van der Waals surface area contributed by atoms with Gasteiger partial charge in [0.15, 0.2) is 46.0 Å². The number of methoxy groups -OCH3 is 12. The summed E-state index contributed by atoms with van der Waals surface area (Å²) in [6, 6.07) is 13.3. The second kappa shape index (κ2) is 16.3. The molecule has 0 bridgehead atoms. The fraction of sp³-hybridized carbons (Fsp3) is 0.333.